The Balaban J connectivity index is 0.814. The van der Waals surface area contributed by atoms with E-state index in [0.29, 0.717) is 37.0 Å². The van der Waals surface area contributed by atoms with Gasteiger partial charge in [-0.1, -0.05) is 51.1 Å². The average Bonchev–Trinajstić information content (AvgIpc) is 3.97. The van der Waals surface area contributed by atoms with Crippen LogP contribution in [0.1, 0.15) is 77.6 Å². The molecule has 0 radical (unpaired) electrons. The highest BCUT2D eigenvalue weighted by atomic mass is 32.2. The fourth-order valence-corrected chi connectivity index (χ4v) is 11.0. The lowest BCUT2D eigenvalue weighted by Crippen LogP contribution is -2.57. The number of likely N-dealkylation sites (tertiary alicyclic amines) is 1. The molecule has 0 saturated carbocycles. The van der Waals surface area contributed by atoms with Crippen LogP contribution in [0.25, 0.3) is 10.4 Å². The van der Waals surface area contributed by atoms with Crippen LogP contribution >= 0.6 is 11.3 Å². The van der Waals surface area contributed by atoms with Gasteiger partial charge in [0.25, 0.3) is 0 Å². The summed E-state index contributed by atoms with van der Waals surface area (Å²) in [5.41, 5.74) is 6.55. The number of nitrogens with zero attached hydrogens (tertiary/aromatic N) is 6. The predicted octanol–water partition coefficient (Wildman–Crippen LogP) is 5.61. The lowest BCUT2D eigenvalue weighted by atomic mass is 9.85. The molecule has 7 N–H and O–H groups in total. The third-order valence-corrected chi connectivity index (χ3v) is 15.4. The van der Waals surface area contributed by atoms with Gasteiger partial charge >= 0.3 is 0 Å². The molecule has 3 aromatic carbocycles. The molecule has 2 aromatic heterocycles. The number of anilines is 5. The summed E-state index contributed by atoms with van der Waals surface area (Å²) in [6.07, 6.45) is 1.36. The summed E-state index contributed by atoms with van der Waals surface area (Å²) < 4.78 is 28.6. The lowest BCUT2D eigenvalue weighted by molar-refractivity contribution is -0.144. The van der Waals surface area contributed by atoms with Crippen LogP contribution in [-0.2, 0) is 35.7 Å². The molecule has 4 heterocycles. The van der Waals surface area contributed by atoms with Gasteiger partial charge in [-0.3, -0.25) is 24.1 Å². The van der Waals surface area contributed by atoms with Gasteiger partial charge in [-0.05, 0) is 100 Å². The van der Waals surface area contributed by atoms with E-state index in [-0.39, 0.29) is 61.6 Å². The summed E-state index contributed by atoms with van der Waals surface area (Å²) >= 11 is 1.57. The first-order valence-corrected chi connectivity index (χ1v) is 27.3. The molecular formula is C53H70N12O7S2. The van der Waals surface area contributed by atoms with Gasteiger partial charge in [-0.15, -0.1) is 11.3 Å². The van der Waals surface area contributed by atoms with Crippen LogP contribution in [0.5, 0.6) is 0 Å². The number of aryl methyl sites for hydroxylation is 2. The van der Waals surface area contributed by atoms with Gasteiger partial charge in [-0.25, -0.2) is 23.1 Å². The standard InChI is InChI=1S/C53H70N12O7S2/c1-34-29-56-51(61-48(34)58-39-11-9-12-42(27-39)74(71,72)62-53(6,7)8)59-38-18-20-40(21-19-38)64-25-23-63(24-26-64)32-45(68)54-22-10-13-44(67)60-47(52(3,4)5)50(70)65-31-41(66)28-43(65)49(69)55-30-36-14-16-37(17-15-36)46-35(2)57-33-73-46/h9,11-12,14-21,27,29,33,41,43,47,62,66H,10,13,22-26,28,30-32H2,1-8H3,(H,54,68)(H,55,69)(H,60,67)(H2,56,58,59,61)/t41-,43+,47-/m1/s1. The number of hydrogen-bond acceptors (Lipinski definition) is 15. The Hall–Kier alpha value is -6.52. The van der Waals surface area contributed by atoms with Crippen molar-refractivity contribution in [2.45, 2.75) is 110 Å². The van der Waals surface area contributed by atoms with E-state index in [4.69, 9.17) is 0 Å². The van der Waals surface area contributed by atoms with Gasteiger partial charge in [-0.2, -0.15) is 4.98 Å². The Morgan fingerprint density at radius 3 is 2.23 bits per heavy atom. The van der Waals surface area contributed by atoms with Crippen molar-refractivity contribution < 1.29 is 32.7 Å². The Bertz CT molecular complexity index is 2880. The quantitative estimate of drug-likeness (QED) is 0.0498. The highest BCUT2D eigenvalue weighted by Crippen LogP contribution is 2.30. The van der Waals surface area contributed by atoms with Crippen molar-refractivity contribution in [1.82, 2.24) is 45.4 Å². The minimum atomic E-state index is -3.73. The maximum atomic E-state index is 14.1. The second-order valence-electron chi connectivity index (χ2n) is 21.1. The zero-order valence-electron chi connectivity index (χ0n) is 43.5. The zero-order valence-corrected chi connectivity index (χ0v) is 45.1. The Morgan fingerprint density at radius 1 is 0.851 bits per heavy atom. The number of sulfonamides is 1. The number of aliphatic hydroxyl groups is 1. The number of amides is 4. The summed E-state index contributed by atoms with van der Waals surface area (Å²) in [6.45, 7) is 18.3. The smallest absolute Gasteiger partial charge is 0.246 e. The molecule has 74 heavy (non-hydrogen) atoms. The first-order valence-electron chi connectivity index (χ1n) is 24.9. The summed E-state index contributed by atoms with van der Waals surface area (Å²) in [6, 6.07) is 20.5. The largest absolute Gasteiger partial charge is 0.391 e. The number of piperazine rings is 1. The Kier molecular flexibility index (Phi) is 17.8. The summed E-state index contributed by atoms with van der Waals surface area (Å²) in [7, 11) is -3.73. The average molecular weight is 1050 g/mol. The lowest BCUT2D eigenvalue weighted by Gasteiger charge is -2.35. The number of carbonyl (C=O) groups excluding carboxylic acids is 4. The highest BCUT2D eigenvalue weighted by Gasteiger charge is 2.44. The van der Waals surface area contributed by atoms with Crippen molar-refractivity contribution in [3.8, 4) is 10.4 Å². The summed E-state index contributed by atoms with van der Waals surface area (Å²) in [5, 5.41) is 25.8. The van der Waals surface area contributed by atoms with E-state index in [0.717, 1.165) is 51.7 Å². The monoisotopic (exact) mass is 1050 g/mol. The first-order chi connectivity index (χ1) is 35.0. The molecule has 4 amide bonds. The normalized spacial score (nSPS) is 16.9. The van der Waals surface area contributed by atoms with Crippen LogP contribution in [0.3, 0.4) is 0 Å². The van der Waals surface area contributed by atoms with E-state index >= 15 is 0 Å². The maximum Gasteiger partial charge on any atom is 0.246 e. The van der Waals surface area contributed by atoms with E-state index < -0.39 is 45.1 Å². The third-order valence-electron chi connectivity index (χ3n) is 12.7. The van der Waals surface area contributed by atoms with E-state index in [1.54, 1.807) is 62.6 Å². The van der Waals surface area contributed by atoms with Crippen LogP contribution < -0.4 is 36.2 Å². The minimum Gasteiger partial charge on any atom is -0.391 e. The van der Waals surface area contributed by atoms with Gasteiger partial charge < -0.3 is 41.5 Å². The second kappa shape index (κ2) is 23.8. The van der Waals surface area contributed by atoms with Crippen molar-refractivity contribution in [3.05, 3.63) is 101 Å². The highest BCUT2D eigenvalue weighted by molar-refractivity contribution is 7.89. The predicted molar refractivity (Wildman–Crippen MR) is 289 cm³/mol. The number of carbonyl (C=O) groups is 4. The number of nitrogens with one attached hydrogen (secondary N) is 6. The molecule has 0 bridgehead atoms. The van der Waals surface area contributed by atoms with Gasteiger partial charge in [0.15, 0.2) is 0 Å². The summed E-state index contributed by atoms with van der Waals surface area (Å²) in [4.78, 5) is 74.1. The van der Waals surface area contributed by atoms with Gasteiger partial charge in [0.1, 0.15) is 17.9 Å². The van der Waals surface area contributed by atoms with Crippen molar-refractivity contribution in [2.24, 2.45) is 5.41 Å². The van der Waals surface area contributed by atoms with Crippen LogP contribution in [0.2, 0.25) is 0 Å². The molecule has 5 aromatic rings. The van der Waals surface area contributed by atoms with E-state index in [2.05, 4.69) is 56.1 Å². The third kappa shape index (κ3) is 15.1. The van der Waals surface area contributed by atoms with Gasteiger partial charge in [0.2, 0.25) is 39.6 Å². The van der Waals surface area contributed by atoms with Crippen molar-refractivity contribution in [2.75, 3.05) is 61.3 Å². The topological polar surface area (TPSA) is 243 Å². The van der Waals surface area contributed by atoms with E-state index in [9.17, 15) is 32.7 Å². The molecular weight excluding hydrogens is 981 g/mol. The fourth-order valence-electron chi connectivity index (χ4n) is 8.77. The molecule has 3 atom stereocenters. The van der Waals surface area contributed by atoms with Crippen molar-refractivity contribution >= 4 is 73.8 Å². The Labute approximate surface area is 438 Å². The molecule has 396 valence electrons. The molecule has 0 unspecified atom stereocenters. The minimum absolute atomic E-state index is 0.0186. The van der Waals surface area contributed by atoms with Crippen molar-refractivity contribution in [1.29, 1.82) is 0 Å². The van der Waals surface area contributed by atoms with Crippen LogP contribution in [0.4, 0.5) is 28.8 Å². The molecule has 2 saturated heterocycles. The number of aromatic nitrogens is 3. The molecule has 2 fully saturated rings. The van der Waals surface area contributed by atoms with Crippen LogP contribution in [0, 0.1) is 19.3 Å². The number of β-amino-alcohol motifs (C(OH)–C–C–N with tert-alkyl or cyclic N) is 1. The van der Waals surface area contributed by atoms with E-state index in [1.165, 1.54) is 4.90 Å². The number of thiazole rings is 1. The first kappa shape index (κ1) is 55.2. The molecule has 0 aliphatic carbocycles. The van der Waals surface area contributed by atoms with Crippen LogP contribution in [-0.4, -0.2) is 131 Å². The molecule has 19 nitrogen and oxygen atoms in total. The van der Waals surface area contributed by atoms with Crippen molar-refractivity contribution in [3.63, 3.8) is 0 Å². The van der Waals surface area contributed by atoms with Gasteiger partial charge in [0.05, 0.1) is 33.6 Å². The van der Waals surface area contributed by atoms with Gasteiger partial charge in [0, 0.05) is 93.0 Å². The number of benzene rings is 3. The molecule has 0 spiro atoms. The number of rotatable bonds is 19. The molecule has 2 aliphatic heterocycles. The zero-order chi connectivity index (χ0) is 53.4. The second-order valence-corrected chi connectivity index (χ2v) is 23.6. The molecule has 2 aliphatic rings. The van der Waals surface area contributed by atoms with E-state index in [1.807, 2.05) is 88.7 Å². The maximum absolute atomic E-state index is 14.1. The SMILES string of the molecule is Cc1cnc(Nc2ccc(N3CCN(CC(=O)NCCCC(=O)N[C@H](C(=O)N4C[C@H](O)C[C@H]4C(=O)NCc4ccc(-c5scnc5C)cc4)C(C)(C)C)CC3)cc2)nc1Nc1cccc(S(=O)(=O)NC(C)(C)C)c1. The fraction of sp³-hybridized carbons (Fsp3) is 0.453. The molecule has 21 heteroatoms. The number of hydrogen-bond donors (Lipinski definition) is 7. The Morgan fingerprint density at radius 2 is 1.57 bits per heavy atom. The number of aliphatic hydroxyl groups excluding tert-OH is 1. The summed E-state index contributed by atoms with van der Waals surface area (Å²) in [5.74, 6) is -0.386. The molecule has 7 rings (SSSR count). The van der Waals surface area contributed by atoms with Crippen LogP contribution in [0.15, 0.2) is 89.4 Å².